The molecule has 136 valence electrons. The Morgan fingerprint density at radius 1 is 1.38 bits per heavy atom. The molecule has 2 rings (SSSR count). The maximum atomic E-state index is 12.5. The van der Waals surface area contributed by atoms with Crippen molar-refractivity contribution < 1.29 is 32.9 Å². The second kappa shape index (κ2) is 8.21. The fraction of sp³-hybridized carbons (Fsp3) is 0.615. The lowest BCUT2D eigenvalue weighted by molar-refractivity contribution is -0.167. The molecule has 0 saturated carbocycles. The fourth-order valence-corrected chi connectivity index (χ4v) is 4.11. The van der Waals surface area contributed by atoms with E-state index in [-0.39, 0.29) is 16.7 Å². The summed E-state index contributed by atoms with van der Waals surface area (Å²) in [6.45, 7) is -0.440. The van der Waals surface area contributed by atoms with E-state index in [1.165, 1.54) is 19.4 Å². The molecule has 1 aromatic rings. The molecule has 1 saturated heterocycles. The number of pyridine rings is 1. The summed E-state index contributed by atoms with van der Waals surface area (Å²) in [5, 5.41) is 19.2. The van der Waals surface area contributed by atoms with Crippen molar-refractivity contribution >= 4 is 23.5 Å². The number of methoxy groups -OCH3 is 1. The molecule has 0 aliphatic carbocycles. The van der Waals surface area contributed by atoms with E-state index < -0.39 is 41.9 Å². The number of ether oxygens (including phenoxy) is 2. The van der Waals surface area contributed by atoms with Gasteiger partial charge in [0.1, 0.15) is 23.7 Å². The van der Waals surface area contributed by atoms with Gasteiger partial charge in [-0.2, -0.15) is 13.2 Å². The highest BCUT2D eigenvalue weighted by atomic mass is 32.2. The number of rotatable bonds is 5. The molecule has 5 atom stereocenters. The van der Waals surface area contributed by atoms with E-state index >= 15 is 0 Å². The van der Waals surface area contributed by atoms with Crippen LogP contribution in [-0.4, -0.2) is 64.2 Å². The lowest BCUT2D eigenvalue weighted by atomic mass is 9.98. The third-order valence-corrected chi connectivity index (χ3v) is 5.16. The van der Waals surface area contributed by atoms with Crippen molar-refractivity contribution in [2.75, 3.05) is 13.7 Å². The van der Waals surface area contributed by atoms with E-state index in [0.717, 1.165) is 18.0 Å². The van der Waals surface area contributed by atoms with Crippen LogP contribution in [-0.2, 0) is 9.47 Å². The number of halogens is 3. The monoisotopic (exact) mass is 386 g/mol. The second-order valence-corrected chi connectivity index (χ2v) is 7.33. The van der Waals surface area contributed by atoms with Crippen LogP contribution in [0.4, 0.5) is 13.2 Å². The van der Waals surface area contributed by atoms with E-state index in [9.17, 15) is 23.4 Å². The van der Waals surface area contributed by atoms with Gasteiger partial charge in [-0.3, -0.25) is 4.98 Å². The Balaban J connectivity index is 2.14. The Hall–Kier alpha value is -0.560. The Bertz CT molecular complexity index is 552. The molecular weight excluding hydrogens is 369 g/mol. The van der Waals surface area contributed by atoms with E-state index in [0.29, 0.717) is 4.90 Å². The molecular formula is C13H17F3N2O4S2. The lowest BCUT2D eigenvalue weighted by Gasteiger charge is -2.42. The normalized spacial score (nSPS) is 31.2. The van der Waals surface area contributed by atoms with Crippen molar-refractivity contribution in [1.82, 2.24) is 4.98 Å². The SMILES string of the molecule is COC1C(Sc2cncc(SC(F)(F)F)c2)OC(CO)C(O)C1N. The predicted octanol–water partition coefficient (Wildman–Crippen LogP) is 1.21. The van der Waals surface area contributed by atoms with E-state index in [1.54, 1.807) is 0 Å². The van der Waals surface area contributed by atoms with Crippen LogP contribution in [0.25, 0.3) is 0 Å². The summed E-state index contributed by atoms with van der Waals surface area (Å²) in [5.74, 6) is 0. The average molecular weight is 386 g/mol. The third-order valence-electron chi connectivity index (χ3n) is 3.36. The highest BCUT2D eigenvalue weighted by Gasteiger charge is 2.44. The van der Waals surface area contributed by atoms with E-state index in [1.807, 2.05) is 0 Å². The van der Waals surface area contributed by atoms with Crippen LogP contribution in [0, 0.1) is 0 Å². The van der Waals surface area contributed by atoms with Crippen molar-refractivity contribution in [2.24, 2.45) is 5.73 Å². The number of thioether (sulfide) groups is 2. The van der Waals surface area contributed by atoms with Crippen molar-refractivity contribution in [3.63, 3.8) is 0 Å². The van der Waals surface area contributed by atoms with Gasteiger partial charge in [0, 0.05) is 29.3 Å². The molecule has 0 aromatic carbocycles. The van der Waals surface area contributed by atoms with Crippen molar-refractivity contribution in [1.29, 1.82) is 0 Å². The zero-order chi connectivity index (χ0) is 17.9. The molecule has 0 bridgehead atoms. The summed E-state index contributed by atoms with van der Waals surface area (Å²) in [4.78, 5) is 4.16. The third kappa shape index (κ3) is 4.97. The summed E-state index contributed by atoms with van der Waals surface area (Å²) in [7, 11) is 1.39. The highest BCUT2D eigenvalue weighted by molar-refractivity contribution is 8.00. The first-order valence-electron chi connectivity index (χ1n) is 6.85. The number of nitrogens with zero attached hydrogens (tertiary/aromatic N) is 1. The Morgan fingerprint density at radius 2 is 2.04 bits per heavy atom. The molecule has 0 radical (unpaired) electrons. The molecule has 1 aliphatic heterocycles. The minimum atomic E-state index is -4.41. The van der Waals surface area contributed by atoms with Crippen LogP contribution >= 0.6 is 23.5 Å². The van der Waals surface area contributed by atoms with Crippen LogP contribution < -0.4 is 5.73 Å². The molecule has 4 N–H and O–H groups in total. The Labute approximate surface area is 144 Å². The number of aliphatic hydroxyl groups excluding tert-OH is 2. The number of nitrogens with two attached hydrogens (primary N) is 1. The predicted molar refractivity (Wildman–Crippen MR) is 82.5 cm³/mol. The first-order valence-corrected chi connectivity index (χ1v) is 8.55. The second-order valence-electron chi connectivity index (χ2n) is 5.02. The van der Waals surface area contributed by atoms with Gasteiger partial charge in [-0.15, -0.1) is 0 Å². The largest absolute Gasteiger partial charge is 0.446 e. The van der Waals surface area contributed by atoms with Crippen molar-refractivity contribution in [2.45, 2.75) is 45.1 Å². The summed E-state index contributed by atoms with van der Waals surface area (Å²) < 4.78 is 48.2. The number of alkyl halides is 3. The zero-order valence-corrected chi connectivity index (χ0v) is 14.1. The minimum absolute atomic E-state index is 0.0553. The number of aromatic nitrogens is 1. The van der Waals surface area contributed by atoms with Gasteiger partial charge in [-0.25, -0.2) is 0 Å². The smallest absolute Gasteiger partial charge is 0.394 e. The molecule has 0 amide bonds. The van der Waals surface area contributed by atoms with Gasteiger partial charge in [0.25, 0.3) is 0 Å². The number of aliphatic hydroxyl groups is 2. The van der Waals surface area contributed by atoms with E-state index in [2.05, 4.69) is 4.98 Å². The van der Waals surface area contributed by atoms with Crippen molar-refractivity contribution in [3.8, 4) is 0 Å². The lowest BCUT2D eigenvalue weighted by Crippen LogP contribution is -2.61. The Kier molecular flexibility index (Phi) is 6.76. The molecule has 5 unspecified atom stereocenters. The molecule has 1 fully saturated rings. The standard InChI is InChI=1S/C13H17F3N2O4S2/c1-21-11-9(17)10(20)8(5-19)22-12(11)23-6-2-7(4-18-3-6)24-13(14,15)16/h2-4,8-12,19-20H,5,17H2,1H3. The van der Waals surface area contributed by atoms with Crippen LogP contribution in [0.5, 0.6) is 0 Å². The molecule has 6 nitrogen and oxygen atoms in total. The molecule has 1 aliphatic rings. The maximum Gasteiger partial charge on any atom is 0.446 e. The fourth-order valence-electron chi connectivity index (χ4n) is 2.25. The Morgan fingerprint density at radius 3 is 2.62 bits per heavy atom. The van der Waals surface area contributed by atoms with Gasteiger partial charge in [0.05, 0.1) is 12.6 Å². The number of hydrogen-bond acceptors (Lipinski definition) is 8. The summed E-state index contributed by atoms with van der Waals surface area (Å²) >= 11 is 0.807. The minimum Gasteiger partial charge on any atom is -0.394 e. The quantitative estimate of drug-likeness (QED) is 0.650. The molecule has 2 heterocycles. The van der Waals surface area contributed by atoms with Gasteiger partial charge >= 0.3 is 5.51 Å². The van der Waals surface area contributed by atoms with Crippen LogP contribution in [0.3, 0.4) is 0 Å². The molecule has 11 heteroatoms. The van der Waals surface area contributed by atoms with Crippen LogP contribution in [0.2, 0.25) is 0 Å². The maximum absolute atomic E-state index is 12.5. The van der Waals surface area contributed by atoms with Crippen LogP contribution in [0.15, 0.2) is 28.3 Å². The first-order chi connectivity index (χ1) is 11.2. The topological polar surface area (TPSA) is 97.8 Å². The van der Waals surface area contributed by atoms with Gasteiger partial charge in [-0.1, -0.05) is 11.8 Å². The van der Waals surface area contributed by atoms with Gasteiger partial charge in [0.15, 0.2) is 0 Å². The van der Waals surface area contributed by atoms with Crippen molar-refractivity contribution in [3.05, 3.63) is 18.5 Å². The molecule has 1 aromatic heterocycles. The summed E-state index contributed by atoms with van der Waals surface area (Å²) in [6, 6.07) is 0.523. The zero-order valence-electron chi connectivity index (χ0n) is 12.5. The first kappa shape index (κ1) is 19.8. The van der Waals surface area contributed by atoms with E-state index in [4.69, 9.17) is 15.2 Å². The van der Waals surface area contributed by atoms with Gasteiger partial charge in [-0.05, 0) is 17.8 Å². The molecule has 0 spiro atoms. The van der Waals surface area contributed by atoms with Crippen LogP contribution in [0.1, 0.15) is 0 Å². The highest BCUT2D eigenvalue weighted by Crippen LogP contribution is 2.39. The van der Waals surface area contributed by atoms with Gasteiger partial charge < -0.3 is 25.4 Å². The van der Waals surface area contributed by atoms with Gasteiger partial charge in [0.2, 0.25) is 0 Å². The summed E-state index contributed by atoms with van der Waals surface area (Å²) in [6.07, 6.45) is -0.200. The molecule has 24 heavy (non-hydrogen) atoms. The number of hydrogen-bond donors (Lipinski definition) is 3. The average Bonchev–Trinajstić information content (AvgIpc) is 2.49. The summed E-state index contributed by atoms with van der Waals surface area (Å²) in [5.41, 5.74) is 0.792.